The SMILES string of the molecule is CCNc1ccccc1N1CC(N)C1. The first-order chi connectivity index (χ1) is 6.81. The molecule has 1 aliphatic heterocycles. The highest BCUT2D eigenvalue weighted by Crippen LogP contribution is 2.28. The zero-order chi connectivity index (χ0) is 9.97. The van der Waals surface area contributed by atoms with Crippen LogP contribution in [0.25, 0.3) is 0 Å². The number of hydrogen-bond acceptors (Lipinski definition) is 3. The van der Waals surface area contributed by atoms with Crippen molar-refractivity contribution in [1.29, 1.82) is 0 Å². The summed E-state index contributed by atoms with van der Waals surface area (Å²) < 4.78 is 0. The minimum Gasteiger partial charge on any atom is -0.384 e. The monoisotopic (exact) mass is 191 g/mol. The van der Waals surface area contributed by atoms with Crippen LogP contribution in [0.2, 0.25) is 0 Å². The van der Waals surface area contributed by atoms with Gasteiger partial charge in [-0.3, -0.25) is 0 Å². The first-order valence-corrected chi connectivity index (χ1v) is 5.14. The molecule has 1 heterocycles. The predicted octanol–water partition coefficient (Wildman–Crippen LogP) is 1.27. The Kier molecular flexibility index (Phi) is 2.59. The molecule has 1 saturated heterocycles. The number of nitrogens with one attached hydrogen (secondary N) is 1. The molecule has 3 nitrogen and oxygen atoms in total. The summed E-state index contributed by atoms with van der Waals surface area (Å²) in [7, 11) is 0. The van der Waals surface area contributed by atoms with Gasteiger partial charge in [-0.25, -0.2) is 0 Å². The molecule has 1 aliphatic rings. The maximum atomic E-state index is 5.77. The molecule has 0 bridgehead atoms. The highest BCUT2D eigenvalue weighted by molar-refractivity contribution is 5.71. The second-order valence-electron chi connectivity index (χ2n) is 3.71. The smallest absolute Gasteiger partial charge is 0.0603 e. The zero-order valence-electron chi connectivity index (χ0n) is 8.53. The first kappa shape index (κ1) is 9.34. The van der Waals surface area contributed by atoms with Crippen molar-refractivity contribution in [2.75, 3.05) is 29.9 Å². The Morgan fingerprint density at radius 1 is 1.43 bits per heavy atom. The van der Waals surface area contributed by atoms with E-state index < -0.39 is 0 Å². The van der Waals surface area contributed by atoms with E-state index in [2.05, 4.69) is 41.4 Å². The van der Waals surface area contributed by atoms with E-state index in [4.69, 9.17) is 5.73 Å². The molecule has 0 unspecified atom stereocenters. The molecule has 0 aromatic heterocycles. The van der Waals surface area contributed by atoms with Crippen molar-refractivity contribution < 1.29 is 0 Å². The van der Waals surface area contributed by atoms with E-state index in [0.29, 0.717) is 6.04 Å². The molecule has 1 aromatic carbocycles. The summed E-state index contributed by atoms with van der Waals surface area (Å²) in [5, 5.41) is 3.36. The van der Waals surface area contributed by atoms with Crippen LogP contribution in [0.1, 0.15) is 6.92 Å². The summed E-state index contributed by atoms with van der Waals surface area (Å²) in [6.07, 6.45) is 0. The molecule has 0 atom stereocenters. The fourth-order valence-corrected chi connectivity index (χ4v) is 1.80. The molecule has 0 radical (unpaired) electrons. The third kappa shape index (κ3) is 1.68. The number of anilines is 2. The second-order valence-corrected chi connectivity index (χ2v) is 3.71. The number of nitrogens with two attached hydrogens (primary N) is 1. The van der Waals surface area contributed by atoms with E-state index in [9.17, 15) is 0 Å². The summed E-state index contributed by atoms with van der Waals surface area (Å²) in [4.78, 5) is 2.31. The van der Waals surface area contributed by atoms with Crippen LogP contribution in [0.15, 0.2) is 24.3 Å². The van der Waals surface area contributed by atoms with Crippen molar-refractivity contribution in [2.24, 2.45) is 5.73 Å². The number of benzene rings is 1. The van der Waals surface area contributed by atoms with Crippen molar-refractivity contribution in [3.8, 4) is 0 Å². The Bertz CT molecular complexity index is 305. The predicted molar refractivity (Wildman–Crippen MR) is 60.8 cm³/mol. The molecular weight excluding hydrogens is 174 g/mol. The lowest BCUT2D eigenvalue weighted by Crippen LogP contribution is -2.56. The van der Waals surface area contributed by atoms with Crippen molar-refractivity contribution in [2.45, 2.75) is 13.0 Å². The molecular formula is C11H17N3. The molecule has 76 valence electrons. The number of rotatable bonds is 3. The van der Waals surface area contributed by atoms with Gasteiger partial charge in [0.1, 0.15) is 0 Å². The third-order valence-corrected chi connectivity index (χ3v) is 2.52. The molecule has 0 spiro atoms. The Hall–Kier alpha value is -1.22. The minimum atomic E-state index is 0.352. The zero-order valence-corrected chi connectivity index (χ0v) is 8.53. The molecule has 1 aromatic rings. The van der Waals surface area contributed by atoms with Gasteiger partial charge in [-0.05, 0) is 19.1 Å². The standard InChI is InChI=1S/C11H17N3/c1-2-13-10-5-3-4-6-11(10)14-7-9(12)8-14/h3-6,9,13H,2,7-8,12H2,1H3. The van der Waals surface area contributed by atoms with Gasteiger partial charge in [-0.15, -0.1) is 0 Å². The van der Waals surface area contributed by atoms with Crippen LogP contribution in [-0.4, -0.2) is 25.7 Å². The first-order valence-electron chi connectivity index (χ1n) is 5.14. The van der Waals surface area contributed by atoms with Crippen molar-refractivity contribution in [1.82, 2.24) is 0 Å². The Morgan fingerprint density at radius 2 is 2.14 bits per heavy atom. The van der Waals surface area contributed by atoms with Gasteiger partial charge < -0.3 is 16.0 Å². The molecule has 14 heavy (non-hydrogen) atoms. The average Bonchev–Trinajstić information content (AvgIpc) is 2.15. The maximum Gasteiger partial charge on any atom is 0.0603 e. The Labute approximate surface area is 84.9 Å². The van der Waals surface area contributed by atoms with Gasteiger partial charge in [-0.1, -0.05) is 12.1 Å². The highest BCUT2D eigenvalue weighted by atomic mass is 15.2. The number of para-hydroxylation sites is 2. The van der Waals surface area contributed by atoms with E-state index in [1.165, 1.54) is 11.4 Å². The highest BCUT2D eigenvalue weighted by Gasteiger charge is 2.24. The van der Waals surface area contributed by atoms with Crippen molar-refractivity contribution >= 4 is 11.4 Å². The van der Waals surface area contributed by atoms with Crippen LogP contribution in [0.5, 0.6) is 0 Å². The summed E-state index contributed by atoms with van der Waals surface area (Å²) in [6.45, 7) is 5.01. The Morgan fingerprint density at radius 3 is 2.79 bits per heavy atom. The summed E-state index contributed by atoms with van der Waals surface area (Å²) >= 11 is 0. The molecule has 0 amide bonds. The number of nitrogens with zero attached hydrogens (tertiary/aromatic N) is 1. The van der Waals surface area contributed by atoms with Crippen molar-refractivity contribution in [3.63, 3.8) is 0 Å². The Balaban J connectivity index is 2.15. The third-order valence-electron chi connectivity index (χ3n) is 2.52. The van der Waals surface area contributed by atoms with Crippen LogP contribution in [0, 0.1) is 0 Å². The summed E-state index contributed by atoms with van der Waals surface area (Å²) in [6, 6.07) is 8.73. The van der Waals surface area contributed by atoms with Gasteiger partial charge in [0.05, 0.1) is 11.4 Å². The normalized spacial score (nSPS) is 16.6. The van der Waals surface area contributed by atoms with E-state index in [1.807, 2.05) is 0 Å². The molecule has 2 rings (SSSR count). The fraction of sp³-hybridized carbons (Fsp3) is 0.455. The van der Waals surface area contributed by atoms with Crippen LogP contribution in [0.4, 0.5) is 11.4 Å². The van der Waals surface area contributed by atoms with Gasteiger partial charge in [0.2, 0.25) is 0 Å². The van der Waals surface area contributed by atoms with Crippen LogP contribution in [-0.2, 0) is 0 Å². The van der Waals surface area contributed by atoms with Crippen LogP contribution < -0.4 is 16.0 Å². The van der Waals surface area contributed by atoms with Crippen LogP contribution >= 0.6 is 0 Å². The summed E-state index contributed by atoms with van der Waals surface area (Å²) in [5.74, 6) is 0. The molecule has 3 N–H and O–H groups in total. The summed E-state index contributed by atoms with van der Waals surface area (Å²) in [5.41, 5.74) is 8.25. The fourth-order valence-electron chi connectivity index (χ4n) is 1.80. The average molecular weight is 191 g/mol. The largest absolute Gasteiger partial charge is 0.384 e. The topological polar surface area (TPSA) is 41.3 Å². The van der Waals surface area contributed by atoms with Gasteiger partial charge >= 0.3 is 0 Å². The lowest BCUT2D eigenvalue weighted by molar-refractivity contribution is 0.520. The van der Waals surface area contributed by atoms with Gasteiger partial charge in [0.15, 0.2) is 0 Å². The lowest BCUT2D eigenvalue weighted by atomic mass is 10.1. The van der Waals surface area contributed by atoms with E-state index >= 15 is 0 Å². The number of hydrogen-bond donors (Lipinski definition) is 2. The maximum absolute atomic E-state index is 5.77. The van der Waals surface area contributed by atoms with Gasteiger partial charge in [0, 0.05) is 25.7 Å². The second kappa shape index (κ2) is 3.88. The molecule has 0 aliphatic carbocycles. The molecule has 3 heteroatoms. The van der Waals surface area contributed by atoms with E-state index in [-0.39, 0.29) is 0 Å². The molecule has 1 fully saturated rings. The van der Waals surface area contributed by atoms with Crippen molar-refractivity contribution in [3.05, 3.63) is 24.3 Å². The minimum absolute atomic E-state index is 0.352. The quantitative estimate of drug-likeness (QED) is 0.756. The van der Waals surface area contributed by atoms with Crippen LogP contribution in [0.3, 0.4) is 0 Å². The lowest BCUT2D eigenvalue weighted by Gasteiger charge is -2.39. The van der Waals surface area contributed by atoms with Gasteiger partial charge in [-0.2, -0.15) is 0 Å². The van der Waals surface area contributed by atoms with E-state index in [1.54, 1.807) is 0 Å². The van der Waals surface area contributed by atoms with Gasteiger partial charge in [0.25, 0.3) is 0 Å². The van der Waals surface area contributed by atoms with E-state index in [0.717, 1.165) is 19.6 Å². The molecule has 0 saturated carbocycles.